The van der Waals surface area contributed by atoms with Gasteiger partial charge in [0.2, 0.25) is 17.7 Å². The number of rotatable bonds is 8. The molecule has 6 rings (SSSR count). The van der Waals surface area contributed by atoms with Crippen molar-refractivity contribution in [1.29, 1.82) is 0 Å². The van der Waals surface area contributed by atoms with E-state index in [4.69, 9.17) is 9.47 Å². The van der Waals surface area contributed by atoms with E-state index >= 15 is 0 Å². The molecule has 2 unspecified atom stereocenters. The zero-order chi connectivity index (χ0) is 27.1. The molecule has 3 saturated heterocycles. The van der Waals surface area contributed by atoms with Crippen molar-refractivity contribution < 1.29 is 29.0 Å². The zero-order valence-electron chi connectivity index (χ0n) is 21.6. The number of ether oxygens (including phenoxy) is 2. The number of amides is 3. The van der Waals surface area contributed by atoms with Crippen LogP contribution in [0.5, 0.6) is 5.75 Å². The first kappa shape index (κ1) is 25.3. The number of benzene rings is 3. The summed E-state index contributed by atoms with van der Waals surface area (Å²) in [6.07, 6.45) is 0.588. The van der Waals surface area contributed by atoms with E-state index < -0.39 is 29.6 Å². The van der Waals surface area contributed by atoms with E-state index in [1.54, 1.807) is 24.3 Å². The van der Waals surface area contributed by atoms with Gasteiger partial charge in [0.05, 0.1) is 31.2 Å². The highest BCUT2D eigenvalue weighted by Gasteiger charge is 2.74. The summed E-state index contributed by atoms with van der Waals surface area (Å²) >= 11 is 0. The number of aliphatic hydroxyl groups is 1. The topological polar surface area (TPSA) is 117 Å². The highest BCUT2D eigenvalue weighted by molar-refractivity contribution is 6.05. The van der Waals surface area contributed by atoms with Crippen molar-refractivity contribution in [2.24, 2.45) is 11.8 Å². The molecule has 2 bridgehead atoms. The zero-order valence-corrected chi connectivity index (χ0v) is 21.6. The first-order valence-corrected chi connectivity index (χ1v) is 13.4. The lowest BCUT2D eigenvalue weighted by molar-refractivity contribution is -0.140. The van der Waals surface area contributed by atoms with Gasteiger partial charge < -0.3 is 30.1 Å². The smallest absolute Gasteiger partial charge is 0.250 e. The first-order chi connectivity index (χ1) is 18.9. The largest absolute Gasteiger partial charge is 0.494 e. The van der Waals surface area contributed by atoms with Crippen LogP contribution in [0.2, 0.25) is 0 Å². The Hall–Kier alpha value is -3.95. The fraction of sp³-hybridized carbons (Fsp3) is 0.367. The molecule has 3 N–H and O–H groups in total. The van der Waals surface area contributed by atoms with Gasteiger partial charge in [0.15, 0.2) is 0 Å². The van der Waals surface area contributed by atoms with Crippen LogP contribution in [0.25, 0.3) is 10.8 Å². The Labute approximate surface area is 226 Å². The number of anilines is 2. The Morgan fingerprint density at radius 3 is 2.49 bits per heavy atom. The van der Waals surface area contributed by atoms with E-state index in [0.717, 1.165) is 10.8 Å². The number of hydrogen-bond donors (Lipinski definition) is 3. The molecule has 0 aliphatic carbocycles. The lowest BCUT2D eigenvalue weighted by Crippen LogP contribution is -2.53. The predicted molar refractivity (Wildman–Crippen MR) is 145 cm³/mol. The second-order valence-electron chi connectivity index (χ2n) is 10.3. The Morgan fingerprint density at radius 2 is 1.74 bits per heavy atom. The van der Waals surface area contributed by atoms with Gasteiger partial charge >= 0.3 is 0 Å². The summed E-state index contributed by atoms with van der Waals surface area (Å²) in [5, 5.41) is 17.7. The van der Waals surface area contributed by atoms with E-state index in [-0.39, 0.29) is 30.9 Å². The minimum Gasteiger partial charge on any atom is -0.494 e. The fourth-order valence-electron chi connectivity index (χ4n) is 6.61. The van der Waals surface area contributed by atoms with Crippen molar-refractivity contribution in [1.82, 2.24) is 4.90 Å². The number of hydrogen-bond acceptors (Lipinski definition) is 6. The standard InChI is InChI=1S/C30H31N3O6/c1-2-38-22-11-9-20(10-12-22)31-27(35)24-23-13-14-30(39-23)25(24)29(37)33(15-16-34)26(30)28(36)32-21-8-7-18-5-3-4-6-19(18)17-21/h3-12,17,23-26,34H,2,13-16H2,1H3,(H,31,35)(H,32,36)/t23-,24+,25-,26?,30?/m0/s1. The molecule has 9 nitrogen and oxygen atoms in total. The van der Waals surface area contributed by atoms with Crippen LogP contribution in [0.15, 0.2) is 66.7 Å². The van der Waals surface area contributed by atoms with E-state index in [2.05, 4.69) is 10.6 Å². The summed E-state index contributed by atoms with van der Waals surface area (Å²) in [7, 11) is 0. The Morgan fingerprint density at radius 1 is 1.03 bits per heavy atom. The van der Waals surface area contributed by atoms with Crippen LogP contribution in [0, 0.1) is 11.8 Å². The summed E-state index contributed by atoms with van der Waals surface area (Å²) < 4.78 is 11.9. The van der Waals surface area contributed by atoms with Crippen molar-refractivity contribution >= 4 is 39.9 Å². The normalized spacial score (nSPS) is 27.0. The van der Waals surface area contributed by atoms with Gasteiger partial charge in [-0.05, 0) is 66.9 Å². The molecule has 9 heteroatoms. The summed E-state index contributed by atoms with van der Waals surface area (Å²) in [6, 6.07) is 19.6. The number of nitrogens with one attached hydrogen (secondary N) is 2. The Balaban J connectivity index is 1.26. The molecule has 1 spiro atoms. The van der Waals surface area contributed by atoms with Crippen LogP contribution in [0.4, 0.5) is 11.4 Å². The highest BCUT2D eigenvalue weighted by atomic mass is 16.5. The SMILES string of the molecule is CCOc1ccc(NC(=O)[C@@H]2[C@@H]3CCC4(O3)C(C(=O)Nc3ccc5ccccc5c3)N(CCO)C(=O)[C@H]24)cc1. The predicted octanol–water partition coefficient (Wildman–Crippen LogP) is 3.18. The van der Waals surface area contributed by atoms with E-state index in [0.29, 0.717) is 36.6 Å². The maximum atomic E-state index is 13.8. The molecular weight excluding hydrogens is 498 g/mol. The second kappa shape index (κ2) is 9.98. The highest BCUT2D eigenvalue weighted by Crippen LogP contribution is 2.58. The monoisotopic (exact) mass is 529 g/mol. The minimum absolute atomic E-state index is 0.0197. The van der Waals surface area contributed by atoms with Gasteiger partial charge in [0.1, 0.15) is 17.4 Å². The van der Waals surface area contributed by atoms with Gasteiger partial charge in [0, 0.05) is 17.9 Å². The summed E-state index contributed by atoms with van der Waals surface area (Å²) in [6.45, 7) is 2.11. The van der Waals surface area contributed by atoms with Gasteiger partial charge in [-0.15, -0.1) is 0 Å². The van der Waals surface area contributed by atoms with Gasteiger partial charge in [-0.25, -0.2) is 0 Å². The molecule has 0 aromatic heterocycles. The van der Waals surface area contributed by atoms with Crippen molar-refractivity contribution in [2.75, 3.05) is 30.4 Å². The third-order valence-corrected chi connectivity index (χ3v) is 8.14. The molecule has 3 fully saturated rings. The number of carbonyl (C=O) groups is 3. The molecule has 3 aromatic rings. The lowest BCUT2D eigenvalue weighted by Gasteiger charge is -2.33. The Bertz CT molecular complexity index is 1430. The number of β-amino-alcohol motifs (C(OH)–C–C–N with tert-alkyl or cyclic N) is 1. The maximum Gasteiger partial charge on any atom is 0.250 e. The van der Waals surface area contributed by atoms with Crippen molar-refractivity contribution in [3.05, 3.63) is 66.7 Å². The van der Waals surface area contributed by atoms with Crippen LogP contribution in [0.3, 0.4) is 0 Å². The third kappa shape index (κ3) is 4.22. The fourth-order valence-corrected chi connectivity index (χ4v) is 6.61. The molecule has 202 valence electrons. The number of nitrogens with zero attached hydrogens (tertiary/aromatic N) is 1. The summed E-state index contributed by atoms with van der Waals surface area (Å²) in [5.41, 5.74) is 0.0643. The average molecular weight is 530 g/mol. The minimum atomic E-state index is -1.13. The molecule has 3 aliphatic rings. The molecular formula is C30H31N3O6. The van der Waals surface area contributed by atoms with Gasteiger partial charge in [-0.3, -0.25) is 14.4 Å². The Kier molecular flexibility index (Phi) is 6.48. The quantitative estimate of drug-likeness (QED) is 0.413. The van der Waals surface area contributed by atoms with Gasteiger partial charge in [-0.2, -0.15) is 0 Å². The van der Waals surface area contributed by atoms with Gasteiger partial charge in [0.25, 0.3) is 0 Å². The van der Waals surface area contributed by atoms with Crippen molar-refractivity contribution in [3.8, 4) is 5.75 Å². The molecule has 0 radical (unpaired) electrons. The van der Waals surface area contributed by atoms with E-state index in [1.807, 2.05) is 49.4 Å². The van der Waals surface area contributed by atoms with Crippen LogP contribution in [-0.4, -0.2) is 65.2 Å². The van der Waals surface area contributed by atoms with Crippen LogP contribution < -0.4 is 15.4 Å². The molecule has 3 aromatic carbocycles. The number of carbonyl (C=O) groups excluding carboxylic acids is 3. The summed E-state index contributed by atoms with van der Waals surface area (Å²) in [4.78, 5) is 42.4. The lowest BCUT2D eigenvalue weighted by atomic mass is 9.70. The van der Waals surface area contributed by atoms with E-state index in [1.165, 1.54) is 4.90 Å². The number of likely N-dealkylation sites (tertiary alicyclic amines) is 1. The number of fused-ring (bicyclic) bond motifs is 2. The number of aliphatic hydroxyl groups excluding tert-OH is 1. The van der Waals surface area contributed by atoms with Crippen molar-refractivity contribution in [3.63, 3.8) is 0 Å². The van der Waals surface area contributed by atoms with Crippen LogP contribution >= 0.6 is 0 Å². The van der Waals surface area contributed by atoms with Crippen LogP contribution in [0.1, 0.15) is 19.8 Å². The molecule has 3 amide bonds. The maximum absolute atomic E-state index is 13.8. The average Bonchev–Trinajstić information content (AvgIpc) is 3.57. The van der Waals surface area contributed by atoms with Gasteiger partial charge in [-0.1, -0.05) is 30.3 Å². The molecule has 3 aliphatic heterocycles. The molecule has 0 saturated carbocycles. The first-order valence-electron chi connectivity index (χ1n) is 13.4. The van der Waals surface area contributed by atoms with Crippen LogP contribution in [-0.2, 0) is 19.1 Å². The molecule has 39 heavy (non-hydrogen) atoms. The molecule has 3 heterocycles. The van der Waals surface area contributed by atoms with Crippen molar-refractivity contribution in [2.45, 2.75) is 37.5 Å². The van der Waals surface area contributed by atoms with E-state index in [9.17, 15) is 19.5 Å². The molecule has 5 atom stereocenters. The third-order valence-electron chi connectivity index (χ3n) is 8.14. The summed E-state index contributed by atoms with van der Waals surface area (Å²) in [5.74, 6) is -1.89. The second-order valence-corrected chi connectivity index (χ2v) is 10.3.